The number of benzene rings is 2. The van der Waals surface area contributed by atoms with E-state index < -0.39 is 12.4 Å². The van der Waals surface area contributed by atoms with Gasteiger partial charge in [0, 0.05) is 5.57 Å². The van der Waals surface area contributed by atoms with Crippen LogP contribution in [0.3, 0.4) is 0 Å². The van der Waals surface area contributed by atoms with Crippen LogP contribution in [0.5, 0.6) is 11.5 Å². The summed E-state index contributed by atoms with van der Waals surface area (Å²) in [5, 5.41) is 0. The highest BCUT2D eigenvalue weighted by Gasteiger charge is 2.26. The molecule has 0 aromatic heterocycles. The fourth-order valence-electron chi connectivity index (χ4n) is 2.34. The molecule has 1 heterocycles. The van der Waals surface area contributed by atoms with Crippen LogP contribution in [0.15, 0.2) is 54.6 Å². The molecule has 21 heavy (non-hydrogen) atoms. The van der Waals surface area contributed by atoms with Crippen molar-refractivity contribution in [1.82, 2.24) is 0 Å². The third-order valence-electron chi connectivity index (χ3n) is 3.33. The number of halogens is 2. The van der Waals surface area contributed by atoms with E-state index in [-0.39, 0.29) is 12.0 Å². The molecule has 3 rings (SSSR count). The van der Waals surface area contributed by atoms with Crippen molar-refractivity contribution in [2.75, 3.05) is 0 Å². The van der Waals surface area contributed by atoms with Gasteiger partial charge >= 0.3 is 0 Å². The van der Waals surface area contributed by atoms with E-state index in [0.29, 0.717) is 17.1 Å². The lowest BCUT2D eigenvalue weighted by Gasteiger charge is -2.13. The maximum absolute atomic E-state index is 13.3. The number of hydrogen-bond acceptors (Lipinski definition) is 2. The van der Waals surface area contributed by atoms with Gasteiger partial charge in [0.25, 0.3) is 6.08 Å². The molecule has 0 spiro atoms. The van der Waals surface area contributed by atoms with Crippen LogP contribution in [-0.4, -0.2) is 6.29 Å². The minimum Gasteiger partial charge on any atom is -0.451 e. The number of ether oxygens (including phenoxy) is 2. The van der Waals surface area contributed by atoms with E-state index in [9.17, 15) is 8.78 Å². The smallest absolute Gasteiger partial charge is 0.274 e. The molecular weight excluding hydrogens is 274 g/mol. The van der Waals surface area contributed by atoms with Crippen LogP contribution in [0.1, 0.15) is 17.5 Å². The predicted octanol–water partition coefficient (Wildman–Crippen LogP) is 4.79. The molecule has 0 unspecified atom stereocenters. The number of rotatable bonds is 3. The van der Waals surface area contributed by atoms with Gasteiger partial charge in [-0.1, -0.05) is 42.0 Å². The van der Waals surface area contributed by atoms with Gasteiger partial charge in [0.05, 0.1) is 6.42 Å². The second-order valence-corrected chi connectivity index (χ2v) is 4.92. The van der Waals surface area contributed by atoms with E-state index in [2.05, 4.69) is 0 Å². The fourth-order valence-corrected chi connectivity index (χ4v) is 2.34. The lowest BCUT2D eigenvalue weighted by Crippen LogP contribution is -2.18. The van der Waals surface area contributed by atoms with Crippen LogP contribution in [-0.2, 0) is 0 Å². The Kier molecular flexibility index (Phi) is 3.60. The minimum absolute atomic E-state index is 0.000463. The molecule has 0 saturated heterocycles. The quantitative estimate of drug-likeness (QED) is 0.808. The Morgan fingerprint density at radius 3 is 2.24 bits per heavy atom. The van der Waals surface area contributed by atoms with E-state index in [1.807, 2.05) is 25.1 Å². The first-order valence-electron chi connectivity index (χ1n) is 6.67. The van der Waals surface area contributed by atoms with Gasteiger partial charge in [-0.05, 0) is 24.6 Å². The molecule has 1 aliphatic rings. The monoisotopic (exact) mass is 288 g/mol. The molecule has 0 bridgehead atoms. The Morgan fingerprint density at radius 2 is 1.67 bits per heavy atom. The number of fused-ring (bicyclic) bond motifs is 1. The Hall–Kier alpha value is -2.36. The molecule has 0 amide bonds. The van der Waals surface area contributed by atoms with Gasteiger partial charge in [0.15, 0.2) is 11.5 Å². The summed E-state index contributed by atoms with van der Waals surface area (Å²) in [5.74, 6) is 1.18. The molecular formula is C17H14F2O2. The third-order valence-corrected chi connectivity index (χ3v) is 3.33. The van der Waals surface area contributed by atoms with Crippen LogP contribution in [0.25, 0.3) is 5.57 Å². The molecule has 4 heteroatoms. The molecule has 0 fully saturated rings. The first-order chi connectivity index (χ1) is 10.1. The van der Waals surface area contributed by atoms with Crippen molar-refractivity contribution < 1.29 is 18.3 Å². The average molecular weight is 288 g/mol. The lowest BCUT2D eigenvalue weighted by atomic mass is 10.0. The van der Waals surface area contributed by atoms with Crippen LogP contribution >= 0.6 is 0 Å². The Balaban J connectivity index is 1.81. The highest BCUT2D eigenvalue weighted by atomic mass is 19.3. The molecule has 108 valence electrons. The molecule has 0 radical (unpaired) electrons. The van der Waals surface area contributed by atoms with E-state index in [1.165, 1.54) is 0 Å². The van der Waals surface area contributed by atoms with Crippen LogP contribution in [0.4, 0.5) is 8.78 Å². The van der Waals surface area contributed by atoms with Gasteiger partial charge in [-0.3, -0.25) is 0 Å². The van der Waals surface area contributed by atoms with Gasteiger partial charge in [-0.15, -0.1) is 0 Å². The van der Waals surface area contributed by atoms with Crippen LogP contribution in [0.2, 0.25) is 0 Å². The van der Waals surface area contributed by atoms with Crippen molar-refractivity contribution in [3.8, 4) is 11.5 Å². The zero-order chi connectivity index (χ0) is 14.8. The Labute approximate surface area is 121 Å². The van der Waals surface area contributed by atoms with E-state index in [0.717, 1.165) is 5.56 Å². The summed E-state index contributed by atoms with van der Waals surface area (Å²) in [4.78, 5) is 0. The summed E-state index contributed by atoms with van der Waals surface area (Å²) in [7, 11) is 0. The molecule has 1 aliphatic heterocycles. The largest absolute Gasteiger partial charge is 0.451 e. The van der Waals surface area contributed by atoms with Gasteiger partial charge in [-0.25, -0.2) is 0 Å². The van der Waals surface area contributed by atoms with E-state index in [4.69, 9.17) is 9.47 Å². The van der Waals surface area contributed by atoms with E-state index >= 15 is 0 Å². The van der Waals surface area contributed by atoms with Crippen molar-refractivity contribution >= 4 is 5.57 Å². The van der Waals surface area contributed by atoms with Crippen LogP contribution in [0, 0.1) is 6.92 Å². The number of para-hydroxylation sites is 2. The second kappa shape index (κ2) is 5.56. The van der Waals surface area contributed by atoms with Crippen molar-refractivity contribution in [3.63, 3.8) is 0 Å². The van der Waals surface area contributed by atoms with Crippen molar-refractivity contribution in [1.29, 1.82) is 0 Å². The lowest BCUT2D eigenvalue weighted by molar-refractivity contribution is 0.0541. The Bertz CT molecular complexity index is 666. The van der Waals surface area contributed by atoms with Crippen molar-refractivity contribution in [2.24, 2.45) is 0 Å². The van der Waals surface area contributed by atoms with Crippen molar-refractivity contribution in [2.45, 2.75) is 19.6 Å². The summed E-state index contributed by atoms with van der Waals surface area (Å²) in [6.45, 7) is 1.87. The third kappa shape index (κ3) is 2.89. The summed E-state index contributed by atoms with van der Waals surface area (Å²) in [5.41, 5.74) is 1.39. The predicted molar refractivity (Wildman–Crippen MR) is 76.4 cm³/mol. The fraction of sp³-hybridized carbons (Fsp3) is 0.176. The highest BCUT2D eigenvalue weighted by Crippen LogP contribution is 2.37. The van der Waals surface area contributed by atoms with Gasteiger partial charge in [-0.2, -0.15) is 8.78 Å². The maximum Gasteiger partial charge on any atom is 0.274 e. The summed E-state index contributed by atoms with van der Waals surface area (Å²) < 4.78 is 37.6. The number of hydrogen-bond donors (Lipinski definition) is 0. The zero-order valence-electron chi connectivity index (χ0n) is 11.5. The summed E-state index contributed by atoms with van der Waals surface area (Å²) in [6, 6.07) is 14.2. The second-order valence-electron chi connectivity index (χ2n) is 4.92. The van der Waals surface area contributed by atoms with E-state index in [1.54, 1.807) is 30.3 Å². The molecule has 2 aromatic rings. The summed E-state index contributed by atoms with van der Waals surface area (Å²) in [6.07, 6.45) is -2.43. The minimum atomic E-state index is -1.70. The average Bonchev–Trinajstić information content (AvgIpc) is 2.87. The first-order valence-corrected chi connectivity index (χ1v) is 6.67. The topological polar surface area (TPSA) is 18.5 Å². The Morgan fingerprint density at radius 1 is 1.00 bits per heavy atom. The first kappa shape index (κ1) is 13.6. The van der Waals surface area contributed by atoms with Crippen molar-refractivity contribution in [3.05, 3.63) is 65.7 Å². The molecule has 0 atom stereocenters. The normalized spacial score (nSPS) is 13.3. The van der Waals surface area contributed by atoms with Gasteiger partial charge < -0.3 is 9.47 Å². The molecule has 2 aromatic carbocycles. The van der Waals surface area contributed by atoms with Gasteiger partial charge in [0.2, 0.25) is 6.29 Å². The number of aryl methyl sites for hydroxylation is 1. The van der Waals surface area contributed by atoms with Gasteiger partial charge in [0.1, 0.15) is 0 Å². The highest BCUT2D eigenvalue weighted by molar-refractivity contribution is 5.67. The molecule has 0 aliphatic carbocycles. The maximum atomic E-state index is 13.3. The zero-order valence-corrected chi connectivity index (χ0v) is 11.5. The molecule has 0 N–H and O–H groups in total. The SMILES string of the molecule is Cc1cccc(C(CC2Oc3ccccc3O2)=C(F)F)c1. The van der Waals surface area contributed by atoms with Crippen LogP contribution < -0.4 is 9.47 Å². The standard InChI is InChI=1S/C17H14F2O2/c1-11-5-4-6-12(9-11)13(17(18)19)10-16-20-14-7-2-3-8-15(14)21-16/h2-9,16H,10H2,1H3. The molecule has 2 nitrogen and oxygen atoms in total. The molecule has 0 saturated carbocycles. The summed E-state index contributed by atoms with van der Waals surface area (Å²) >= 11 is 0.